The molecular weight excluding hydrogens is 363 g/mol. The topological polar surface area (TPSA) is 81.4 Å². The number of halogens is 2. The molecule has 132 valence electrons. The Hall–Kier alpha value is -2.24. The summed E-state index contributed by atoms with van der Waals surface area (Å²) in [6.07, 6.45) is 0.660. The molecule has 2 aromatic rings. The molecule has 0 saturated carbocycles. The highest BCUT2D eigenvalue weighted by Gasteiger charge is 2.19. The quantitative estimate of drug-likeness (QED) is 0.687. The van der Waals surface area contributed by atoms with Crippen molar-refractivity contribution in [2.75, 3.05) is 6.61 Å². The number of nitrogens with one attached hydrogen (secondary N) is 1. The largest absolute Gasteiger partial charge is 0.492 e. The first-order chi connectivity index (χ1) is 12.0. The van der Waals surface area contributed by atoms with Gasteiger partial charge in [-0.05, 0) is 30.2 Å². The van der Waals surface area contributed by atoms with Crippen LogP contribution < -0.4 is 15.8 Å². The Labute approximate surface area is 156 Å². The Bertz CT molecular complexity index is 738. The van der Waals surface area contributed by atoms with Gasteiger partial charge in [-0.1, -0.05) is 53.5 Å². The second-order valence-corrected chi connectivity index (χ2v) is 6.18. The van der Waals surface area contributed by atoms with E-state index in [0.29, 0.717) is 34.4 Å². The minimum Gasteiger partial charge on any atom is -0.492 e. The van der Waals surface area contributed by atoms with E-state index >= 15 is 0 Å². The zero-order valence-corrected chi connectivity index (χ0v) is 14.9. The summed E-state index contributed by atoms with van der Waals surface area (Å²) in [5.41, 5.74) is 6.02. The number of amides is 2. The highest BCUT2D eigenvalue weighted by atomic mass is 35.5. The fourth-order valence-corrected chi connectivity index (χ4v) is 2.67. The summed E-state index contributed by atoms with van der Waals surface area (Å²) in [5.74, 6) is -0.382. The standard InChI is InChI=1S/C18H18Cl2N2O3/c19-13-8-9-15(14(20)11-13)25-10-4-7-16(23)22-17(18(21)24)12-5-2-1-3-6-12/h1-3,5-6,8-9,11,17H,4,7,10H2,(H2,21,24)(H,22,23). The van der Waals surface area contributed by atoms with Crippen LogP contribution >= 0.6 is 23.2 Å². The van der Waals surface area contributed by atoms with Crippen LogP contribution in [0.2, 0.25) is 10.0 Å². The van der Waals surface area contributed by atoms with Crippen LogP contribution in [0.15, 0.2) is 48.5 Å². The van der Waals surface area contributed by atoms with Gasteiger partial charge in [0, 0.05) is 11.4 Å². The lowest BCUT2D eigenvalue weighted by Crippen LogP contribution is -2.37. The zero-order chi connectivity index (χ0) is 18.2. The number of hydrogen-bond donors (Lipinski definition) is 2. The van der Waals surface area contributed by atoms with E-state index in [2.05, 4.69) is 5.32 Å². The van der Waals surface area contributed by atoms with Crippen molar-refractivity contribution >= 4 is 35.0 Å². The molecule has 2 amide bonds. The number of nitrogens with two attached hydrogens (primary N) is 1. The summed E-state index contributed by atoms with van der Waals surface area (Å²) in [4.78, 5) is 23.6. The lowest BCUT2D eigenvalue weighted by Gasteiger charge is -2.16. The number of carbonyl (C=O) groups is 2. The molecule has 0 aliphatic carbocycles. The second kappa shape index (κ2) is 9.30. The van der Waals surface area contributed by atoms with Gasteiger partial charge in [-0.3, -0.25) is 9.59 Å². The lowest BCUT2D eigenvalue weighted by atomic mass is 10.1. The maximum Gasteiger partial charge on any atom is 0.244 e. The van der Waals surface area contributed by atoms with Gasteiger partial charge in [0.15, 0.2) is 0 Å². The lowest BCUT2D eigenvalue weighted by molar-refractivity contribution is -0.127. The minimum absolute atomic E-state index is 0.196. The van der Waals surface area contributed by atoms with Gasteiger partial charge in [0.1, 0.15) is 11.8 Å². The van der Waals surface area contributed by atoms with Crippen molar-refractivity contribution in [3.05, 3.63) is 64.1 Å². The van der Waals surface area contributed by atoms with Crippen LogP contribution in [0.3, 0.4) is 0 Å². The third-order valence-electron chi connectivity index (χ3n) is 3.42. The predicted molar refractivity (Wildman–Crippen MR) is 97.7 cm³/mol. The smallest absolute Gasteiger partial charge is 0.244 e. The molecule has 0 fully saturated rings. The van der Waals surface area contributed by atoms with E-state index < -0.39 is 11.9 Å². The molecule has 0 aliphatic heterocycles. The Morgan fingerprint density at radius 2 is 1.84 bits per heavy atom. The summed E-state index contributed by atoms with van der Waals surface area (Å²) >= 11 is 11.8. The number of carbonyl (C=O) groups excluding carboxylic acids is 2. The van der Waals surface area contributed by atoms with Crippen LogP contribution in [-0.2, 0) is 9.59 Å². The van der Waals surface area contributed by atoms with Gasteiger partial charge in [0.2, 0.25) is 11.8 Å². The average Bonchev–Trinajstić information content (AvgIpc) is 2.58. The molecule has 1 atom stereocenters. The molecule has 0 bridgehead atoms. The SMILES string of the molecule is NC(=O)C(NC(=O)CCCOc1ccc(Cl)cc1Cl)c1ccccc1. The molecule has 0 aliphatic rings. The van der Waals surface area contributed by atoms with Crippen LogP contribution in [0.25, 0.3) is 0 Å². The van der Waals surface area contributed by atoms with E-state index in [-0.39, 0.29) is 12.3 Å². The van der Waals surface area contributed by atoms with E-state index in [1.807, 2.05) is 6.07 Å². The summed E-state index contributed by atoms with van der Waals surface area (Å²) in [5, 5.41) is 3.57. The molecule has 0 aromatic heterocycles. The van der Waals surface area contributed by atoms with Gasteiger partial charge >= 0.3 is 0 Å². The van der Waals surface area contributed by atoms with Crippen molar-refractivity contribution in [3.8, 4) is 5.75 Å². The number of rotatable bonds is 8. The molecule has 0 heterocycles. The monoisotopic (exact) mass is 380 g/mol. The predicted octanol–water partition coefficient (Wildman–Crippen LogP) is 3.50. The van der Waals surface area contributed by atoms with Crippen LogP contribution in [0.1, 0.15) is 24.4 Å². The molecule has 2 aromatic carbocycles. The van der Waals surface area contributed by atoms with Gasteiger partial charge < -0.3 is 15.8 Å². The summed E-state index contributed by atoms with van der Waals surface area (Å²) in [6, 6.07) is 12.9. The Kier molecular flexibility index (Phi) is 7.10. The first-order valence-corrected chi connectivity index (χ1v) is 8.44. The summed E-state index contributed by atoms with van der Waals surface area (Å²) in [7, 11) is 0. The summed E-state index contributed by atoms with van der Waals surface area (Å²) < 4.78 is 5.52. The average molecular weight is 381 g/mol. The van der Waals surface area contributed by atoms with Gasteiger partial charge in [-0.15, -0.1) is 0 Å². The summed E-state index contributed by atoms with van der Waals surface area (Å²) in [6.45, 7) is 0.307. The zero-order valence-electron chi connectivity index (χ0n) is 13.4. The maximum atomic E-state index is 12.0. The number of ether oxygens (including phenoxy) is 1. The Balaban J connectivity index is 1.80. The van der Waals surface area contributed by atoms with Crippen molar-refractivity contribution in [2.45, 2.75) is 18.9 Å². The van der Waals surface area contributed by atoms with Crippen LogP contribution in [0.4, 0.5) is 0 Å². The fourth-order valence-electron chi connectivity index (χ4n) is 2.20. The Morgan fingerprint density at radius 3 is 2.48 bits per heavy atom. The van der Waals surface area contributed by atoms with Gasteiger partial charge in [-0.25, -0.2) is 0 Å². The van der Waals surface area contributed by atoms with E-state index in [0.717, 1.165) is 0 Å². The van der Waals surface area contributed by atoms with E-state index in [1.165, 1.54) is 0 Å². The highest BCUT2D eigenvalue weighted by molar-refractivity contribution is 6.35. The molecule has 1 unspecified atom stereocenters. The fraction of sp³-hybridized carbons (Fsp3) is 0.222. The van der Waals surface area contributed by atoms with Crippen LogP contribution in [-0.4, -0.2) is 18.4 Å². The molecule has 25 heavy (non-hydrogen) atoms. The van der Waals surface area contributed by atoms with Crippen molar-refractivity contribution < 1.29 is 14.3 Å². The third-order valence-corrected chi connectivity index (χ3v) is 3.95. The minimum atomic E-state index is -0.847. The first-order valence-electron chi connectivity index (χ1n) is 7.69. The molecule has 7 heteroatoms. The maximum absolute atomic E-state index is 12.0. The number of hydrogen-bond acceptors (Lipinski definition) is 3. The van der Waals surface area contributed by atoms with E-state index in [4.69, 9.17) is 33.7 Å². The number of benzene rings is 2. The van der Waals surface area contributed by atoms with Crippen molar-refractivity contribution in [2.24, 2.45) is 5.73 Å². The molecule has 2 rings (SSSR count). The molecular formula is C18H18Cl2N2O3. The number of primary amides is 1. The van der Waals surface area contributed by atoms with Gasteiger partial charge in [0.25, 0.3) is 0 Å². The Morgan fingerprint density at radius 1 is 1.12 bits per heavy atom. The van der Waals surface area contributed by atoms with Crippen molar-refractivity contribution in [3.63, 3.8) is 0 Å². The molecule has 0 saturated heterocycles. The van der Waals surface area contributed by atoms with Gasteiger partial charge in [0.05, 0.1) is 11.6 Å². The first kappa shape index (κ1) is 19.1. The van der Waals surface area contributed by atoms with Gasteiger partial charge in [-0.2, -0.15) is 0 Å². The van der Waals surface area contributed by atoms with Crippen LogP contribution in [0, 0.1) is 0 Å². The van der Waals surface area contributed by atoms with E-state index in [9.17, 15) is 9.59 Å². The highest BCUT2D eigenvalue weighted by Crippen LogP contribution is 2.27. The van der Waals surface area contributed by atoms with Crippen molar-refractivity contribution in [1.82, 2.24) is 5.32 Å². The molecule has 3 N–H and O–H groups in total. The van der Waals surface area contributed by atoms with E-state index in [1.54, 1.807) is 42.5 Å². The second-order valence-electron chi connectivity index (χ2n) is 5.34. The van der Waals surface area contributed by atoms with Crippen molar-refractivity contribution in [1.29, 1.82) is 0 Å². The molecule has 0 spiro atoms. The normalized spacial score (nSPS) is 11.6. The van der Waals surface area contributed by atoms with Crippen LogP contribution in [0.5, 0.6) is 5.75 Å². The third kappa shape index (κ3) is 5.96. The molecule has 0 radical (unpaired) electrons. The molecule has 5 nitrogen and oxygen atoms in total.